The standard InChI is InChI=1S/C11H15NO3/c1-2-14-10-7-8(3-4-9(10)13)11-12-5-6-15-11/h3-4,7,11-13H,2,5-6H2,1H3. The third-order valence-electron chi connectivity index (χ3n) is 2.30. The lowest BCUT2D eigenvalue weighted by Crippen LogP contribution is -2.13. The topological polar surface area (TPSA) is 50.7 Å². The Morgan fingerprint density at radius 2 is 2.47 bits per heavy atom. The molecule has 0 saturated carbocycles. The van der Waals surface area contributed by atoms with E-state index < -0.39 is 0 Å². The van der Waals surface area contributed by atoms with E-state index in [0.717, 1.165) is 18.7 Å². The fraction of sp³-hybridized carbons (Fsp3) is 0.455. The molecule has 1 atom stereocenters. The third kappa shape index (κ3) is 2.22. The van der Waals surface area contributed by atoms with Crippen LogP contribution >= 0.6 is 0 Å². The molecular formula is C11H15NO3. The van der Waals surface area contributed by atoms with E-state index in [1.807, 2.05) is 19.1 Å². The summed E-state index contributed by atoms with van der Waals surface area (Å²) in [6.07, 6.45) is -0.0789. The van der Waals surface area contributed by atoms with Crippen LogP contribution in [0.25, 0.3) is 0 Å². The number of aromatic hydroxyl groups is 1. The van der Waals surface area contributed by atoms with Crippen LogP contribution in [0.5, 0.6) is 11.5 Å². The number of hydrogen-bond acceptors (Lipinski definition) is 4. The minimum Gasteiger partial charge on any atom is -0.504 e. The van der Waals surface area contributed by atoms with E-state index >= 15 is 0 Å². The lowest BCUT2D eigenvalue weighted by atomic mass is 10.2. The minimum absolute atomic E-state index is 0.0789. The number of rotatable bonds is 3. The van der Waals surface area contributed by atoms with E-state index in [-0.39, 0.29) is 12.0 Å². The van der Waals surface area contributed by atoms with Crippen LogP contribution in [0, 0.1) is 0 Å². The first kappa shape index (κ1) is 10.3. The van der Waals surface area contributed by atoms with Gasteiger partial charge in [0, 0.05) is 6.54 Å². The Hall–Kier alpha value is -1.26. The van der Waals surface area contributed by atoms with Crippen LogP contribution in [0.2, 0.25) is 0 Å². The molecule has 2 N–H and O–H groups in total. The Kier molecular flexibility index (Phi) is 3.08. The second-order valence-corrected chi connectivity index (χ2v) is 3.37. The van der Waals surface area contributed by atoms with Gasteiger partial charge in [-0.2, -0.15) is 0 Å². The van der Waals surface area contributed by atoms with E-state index in [4.69, 9.17) is 9.47 Å². The molecule has 1 aliphatic heterocycles. The zero-order valence-corrected chi connectivity index (χ0v) is 8.69. The van der Waals surface area contributed by atoms with Crippen LogP contribution in [0.3, 0.4) is 0 Å². The molecule has 4 nitrogen and oxygen atoms in total. The Morgan fingerprint density at radius 3 is 3.13 bits per heavy atom. The molecule has 1 unspecified atom stereocenters. The average molecular weight is 209 g/mol. The van der Waals surface area contributed by atoms with E-state index in [1.165, 1.54) is 0 Å². The van der Waals surface area contributed by atoms with Crippen LogP contribution in [0.4, 0.5) is 0 Å². The van der Waals surface area contributed by atoms with Crippen molar-refractivity contribution in [3.05, 3.63) is 23.8 Å². The van der Waals surface area contributed by atoms with E-state index in [0.29, 0.717) is 12.4 Å². The zero-order valence-electron chi connectivity index (χ0n) is 8.69. The van der Waals surface area contributed by atoms with Crippen molar-refractivity contribution in [3.8, 4) is 11.5 Å². The summed E-state index contributed by atoms with van der Waals surface area (Å²) in [6, 6.07) is 5.27. The van der Waals surface area contributed by atoms with E-state index in [9.17, 15) is 5.11 Å². The summed E-state index contributed by atoms with van der Waals surface area (Å²) in [5.41, 5.74) is 0.980. The van der Waals surface area contributed by atoms with Gasteiger partial charge in [-0.3, -0.25) is 5.32 Å². The number of hydrogen-bond donors (Lipinski definition) is 2. The van der Waals surface area contributed by atoms with Crippen molar-refractivity contribution in [2.75, 3.05) is 19.8 Å². The van der Waals surface area contributed by atoms with Crippen molar-refractivity contribution < 1.29 is 14.6 Å². The highest BCUT2D eigenvalue weighted by atomic mass is 16.5. The Morgan fingerprint density at radius 1 is 1.60 bits per heavy atom. The first-order valence-corrected chi connectivity index (χ1v) is 5.12. The monoisotopic (exact) mass is 209 g/mol. The van der Waals surface area contributed by atoms with E-state index in [1.54, 1.807) is 6.07 Å². The number of nitrogens with one attached hydrogen (secondary N) is 1. The molecule has 1 saturated heterocycles. The maximum absolute atomic E-state index is 9.52. The highest BCUT2D eigenvalue weighted by Crippen LogP contribution is 2.30. The zero-order chi connectivity index (χ0) is 10.7. The molecule has 82 valence electrons. The van der Waals surface area contributed by atoms with Gasteiger partial charge < -0.3 is 14.6 Å². The van der Waals surface area contributed by atoms with Gasteiger partial charge in [0.25, 0.3) is 0 Å². The second-order valence-electron chi connectivity index (χ2n) is 3.37. The minimum atomic E-state index is -0.0789. The van der Waals surface area contributed by atoms with Crippen LogP contribution in [-0.4, -0.2) is 24.9 Å². The highest BCUT2D eigenvalue weighted by Gasteiger charge is 2.17. The first-order chi connectivity index (χ1) is 7.31. The predicted molar refractivity (Wildman–Crippen MR) is 56.0 cm³/mol. The molecule has 1 heterocycles. The smallest absolute Gasteiger partial charge is 0.161 e. The van der Waals surface area contributed by atoms with Crippen molar-refractivity contribution in [2.24, 2.45) is 0 Å². The number of phenolic OH excluding ortho intramolecular Hbond substituents is 1. The van der Waals surface area contributed by atoms with Gasteiger partial charge in [-0.25, -0.2) is 0 Å². The Balaban J connectivity index is 2.21. The summed E-state index contributed by atoms with van der Waals surface area (Å²) in [5, 5.41) is 12.7. The Bertz CT molecular complexity index is 335. The van der Waals surface area contributed by atoms with Crippen molar-refractivity contribution in [2.45, 2.75) is 13.2 Å². The normalized spacial score (nSPS) is 20.5. The largest absolute Gasteiger partial charge is 0.504 e. The molecule has 1 aliphatic rings. The van der Waals surface area contributed by atoms with Gasteiger partial charge in [-0.15, -0.1) is 0 Å². The molecule has 1 fully saturated rings. The first-order valence-electron chi connectivity index (χ1n) is 5.12. The van der Waals surface area contributed by atoms with Gasteiger partial charge in [0.1, 0.15) is 6.23 Å². The summed E-state index contributed by atoms with van der Waals surface area (Å²) in [4.78, 5) is 0. The average Bonchev–Trinajstić information content (AvgIpc) is 2.75. The second kappa shape index (κ2) is 4.51. The van der Waals surface area contributed by atoms with Crippen LogP contribution in [-0.2, 0) is 4.74 Å². The van der Waals surface area contributed by atoms with Crippen LogP contribution < -0.4 is 10.1 Å². The molecular weight excluding hydrogens is 194 g/mol. The summed E-state index contributed by atoms with van der Waals surface area (Å²) < 4.78 is 10.8. The van der Waals surface area contributed by atoms with Gasteiger partial charge in [-0.1, -0.05) is 6.07 Å². The van der Waals surface area contributed by atoms with Gasteiger partial charge in [0.2, 0.25) is 0 Å². The molecule has 1 aromatic carbocycles. The predicted octanol–water partition coefficient (Wildman–Crippen LogP) is 1.41. The van der Waals surface area contributed by atoms with E-state index in [2.05, 4.69) is 5.32 Å². The third-order valence-corrected chi connectivity index (χ3v) is 2.30. The molecule has 15 heavy (non-hydrogen) atoms. The molecule has 0 bridgehead atoms. The lowest BCUT2D eigenvalue weighted by Gasteiger charge is -2.12. The maximum Gasteiger partial charge on any atom is 0.161 e. The summed E-state index contributed by atoms with van der Waals surface area (Å²) in [5.74, 6) is 0.672. The SMILES string of the molecule is CCOc1cc(C2NCCO2)ccc1O. The Labute approximate surface area is 88.8 Å². The molecule has 1 aromatic rings. The van der Waals surface area contributed by atoms with Crippen molar-refractivity contribution in [3.63, 3.8) is 0 Å². The molecule has 0 amide bonds. The highest BCUT2D eigenvalue weighted by molar-refractivity contribution is 5.42. The molecule has 4 heteroatoms. The molecule has 0 radical (unpaired) electrons. The molecule has 0 spiro atoms. The van der Waals surface area contributed by atoms with Crippen LogP contribution in [0.15, 0.2) is 18.2 Å². The van der Waals surface area contributed by atoms with Gasteiger partial charge in [0.05, 0.1) is 13.2 Å². The number of benzene rings is 1. The molecule has 2 rings (SSSR count). The molecule has 0 aromatic heterocycles. The fourth-order valence-electron chi connectivity index (χ4n) is 1.60. The summed E-state index contributed by atoms with van der Waals surface area (Å²) >= 11 is 0. The number of phenols is 1. The van der Waals surface area contributed by atoms with Gasteiger partial charge in [-0.05, 0) is 24.6 Å². The van der Waals surface area contributed by atoms with Gasteiger partial charge >= 0.3 is 0 Å². The number of ether oxygens (including phenoxy) is 2. The van der Waals surface area contributed by atoms with Crippen LogP contribution in [0.1, 0.15) is 18.7 Å². The van der Waals surface area contributed by atoms with Crippen molar-refractivity contribution in [1.82, 2.24) is 5.32 Å². The molecule has 0 aliphatic carbocycles. The van der Waals surface area contributed by atoms with Crippen molar-refractivity contribution >= 4 is 0 Å². The summed E-state index contributed by atoms with van der Waals surface area (Å²) in [7, 11) is 0. The maximum atomic E-state index is 9.52. The summed E-state index contributed by atoms with van der Waals surface area (Å²) in [6.45, 7) is 4.00. The fourth-order valence-corrected chi connectivity index (χ4v) is 1.60. The lowest BCUT2D eigenvalue weighted by molar-refractivity contribution is 0.102. The quantitative estimate of drug-likeness (QED) is 0.790. The van der Waals surface area contributed by atoms with Gasteiger partial charge in [0.15, 0.2) is 11.5 Å². The van der Waals surface area contributed by atoms with Crippen molar-refractivity contribution in [1.29, 1.82) is 0 Å².